The van der Waals surface area contributed by atoms with Gasteiger partial charge in [0.15, 0.2) is 0 Å². The average molecular weight is 288 g/mol. The Morgan fingerprint density at radius 1 is 1.19 bits per heavy atom. The zero-order chi connectivity index (χ0) is 15.2. The van der Waals surface area contributed by atoms with Crippen LogP contribution >= 0.6 is 0 Å². The average Bonchev–Trinajstić information content (AvgIpc) is 2.50. The number of ether oxygens (including phenoxy) is 2. The number of esters is 1. The minimum absolute atomic E-state index is 0.198. The Labute approximate surface area is 121 Å². The zero-order valence-corrected chi connectivity index (χ0v) is 11.9. The van der Waals surface area contributed by atoms with Crippen LogP contribution in [-0.4, -0.2) is 29.5 Å². The lowest BCUT2D eigenvalue weighted by Crippen LogP contribution is -2.27. The third-order valence-electron chi connectivity index (χ3n) is 2.84. The van der Waals surface area contributed by atoms with Crippen LogP contribution in [0.15, 0.2) is 41.2 Å². The van der Waals surface area contributed by atoms with Gasteiger partial charge in [0.2, 0.25) is 0 Å². The van der Waals surface area contributed by atoms with Crippen molar-refractivity contribution in [2.75, 3.05) is 13.7 Å². The summed E-state index contributed by atoms with van der Waals surface area (Å²) < 4.78 is 11.0. The number of hydrogen-bond donors (Lipinski definition) is 0. The molecule has 0 N–H and O–H groups in total. The van der Waals surface area contributed by atoms with Crippen molar-refractivity contribution >= 4 is 5.97 Å². The van der Waals surface area contributed by atoms with E-state index in [1.54, 1.807) is 32.2 Å². The molecular weight excluding hydrogens is 272 g/mol. The third kappa shape index (κ3) is 3.68. The molecule has 0 aliphatic heterocycles. The van der Waals surface area contributed by atoms with Crippen LogP contribution in [0.5, 0.6) is 5.75 Å². The van der Waals surface area contributed by atoms with Gasteiger partial charge in [-0.1, -0.05) is 0 Å². The quantitative estimate of drug-likeness (QED) is 0.779. The predicted octanol–water partition coefficient (Wildman–Crippen LogP) is 1.48. The van der Waals surface area contributed by atoms with Gasteiger partial charge in [-0.15, -0.1) is 0 Å². The molecule has 0 bridgehead atoms. The second-order valence-corrected chi connectivity index (χ2v) is 4.25. The second-order valence-electron chi connectivity index (χ2n) is 4.25. The van der Waals surface area contributed by atoms with Gasteiger partial charge in [-0.25, -0.2) is 4.68 Å². The third-order valence-corrected chi connectivity index (χ3v) is 2.84. The molecule has 6 nitrogen and oxygen atoms in total. The molecule has 0 saturated heterocycles. The fourth-order valence-electron chi connectivity index (χ4n) is 1.81. The highest BCUT2D eigenvalue weighted by Gasteiger charge is 2.08. The van der Waals surface area contributed by atoms with Gasteiger partial charge in [0.05, 0.1) is 19.4 Å². The van der Waals surface area contributed by atoms with E-state index in [1.807, 2.05) is 12.1 Å². The van der Waals surface area contributed by atoms with Gasteiger partial charge in [0.1, 0.15) is 12.3 Å². The van der Waals surface area contributed by atoms with E-state index in [9.17, 15) is 9.59 Å². The number of carbonyl (C=O) groups excluding carboxylic acids is 1. The number of carbonyl (C=O) groups is 1. The maximum absolute atomic E-state index is 11.7. The van der Waals surface area contributed by atoms with Gasteiger partial charge in [0, 0.05) is 11.6 Å². The van der Waals surface area contributed by atoms with Crippen molar-refractivity contribution in [2.45, 2.75) is 13.5 Å². The van der Waals surface area contributed by atoms with Gasteiger partial charge < -0.3 is 9.47 Å². The number of hydrogen-bond acceptors (Lipinski definition) is 5. The molecule has 2 rings (SSSR count). The lowest BCUT2D eigenvalue weighted by molar-refractivity contribution is -0.144. The first-order valence-corrected chi connectivity index (χ1v) is 6.52. The Morgan fingerprint density at radius 2 is 1.90 bits per heavy atom. The molecule has 1 aromatic carbocycles. The van der Waals surface area contributed by atoms with E-state index in [4.69, 9.17) is 9.47 Å². The summed E-state index contributed by atoms with van der Waals surface area (Å²) in [5.74, 6) is 0.248. The van der Waals surface area contributed by atoms with E-state index in [0.29, 0.717) is 5.69 Å². The molecule has 110 valence electrons. The summed E-state index contributed by atoms with van der Waals surface area (Å²) in [4.78, 5) is 23.2. The highest BCUT2D eigenvalue weighted by atomic mass is 16.5. The highest BCUT2D eigenvalue weighted by molar-refractivity contribution is 5.69. The summed E-state index contributed by atoms with van der Waals surface area (Å²) in [6, 6.07) is 10.3. The smallest absolute Gasteiger partial charge is 0.327 e. The zero-order valence-electron chi connectivity index (χ0n) is 11.9. The molecule has 0 saturated carbocycles. The van der Waals surface area contributed by atoms with E-state index in [2.05, 4.69) is 5.10 Å². The molecule has 0 spiro atoms. The van der Waals surface area contributed by atoms with Crippen LogP contribution in [0.4, 0.5) is 0 Å². The molecule has 0 atom stereocenters. The normalized spacial score (nSPS) is 10.2. The monoisotopic (exact) mass is 288 g/mol. The predicted molar refractivity (Wildman–Crippen MR) is 77.1 cm³/mol. The fraction of sp³-hybridized carbons (Fsp3) is 0.267. The Hall–Kier alpha value is -2.63. The molecule has 0 amide bonds. The van der Waals surface area contributed by atoms with Crippen LogP contribution in [0.1, 0.15) is 6.92 Å². The molecule has 1 aromatic heterocycles. The fourth-order valence-corrected chi connectivity index (χ4v) is 1.81. The van der Waals surface area contributed by atoms with Crippen LogP contribution in [-0.2, 0) is 16.1 Å². The summed E-state index contributed by atoms with van der Waals surface area (Å²) in [5.41, 5.74) is 1.08. The van der Waals surface area contributed by atoms with Crippen LogP contribution in [0.2, 0.25) is 0 Å². The molecule has 2 aromatic rings. The van der Waals surface area contributed by atoms with Crippen molar-refractivity contribution in [2.24, 2.45) is 0 Å². The van der Waals surface area contributed by atoms with E-state index in [0.717, 1.165) is 16.0 Å². The Bertz CT molecular complexity index is 677. The Kier molecular flexibility index (Phi) is 4.71. The second kappa shape index (κ2) is 6.69. The minimum Gasteiger partial charge on any atom is -0.497 e. The first-order valence-electron chi connectivity index (χ1n) is 6.52. The van der Waals surface area contributed by atoms with Gasteiger partial charge in [-0.2, -0.15) is 5.10 Å². The first kappa shape index (κ1) is 14.8. The summed E-state index contributed by atoms with van der Waals surface area (Å²) in [6.07, 6.45) is 0. The molecule has 1 heterocycles. The van der Waals surface area contributed by atoms with Gasteiger partial charge >= 0.3 is 5.97 Å². The van der Waals surface area contributed by atoms with E-state index in [1.165, 1.54) is 6.07 Å². The first-order chi connectivity index (χ1) is 10.1. The van der Waals surface area contributed by atoms with E-state index >= 15 is 0 Å². The summed E-state index contributed by atoms with van der Waals surface area (Å²) >= 11 is 0. The molecule has 21 heavy (non-hydrogen) atoms. The van der Waals surface area contributed by atoms with Crippen LogP contribution in [0, 0.1) is 0 Å². The number of nitrogens with zero attached hydrogens (tertiary/aromatic N) is 2. The Balaban J connectivity index is 2.28. The molecule has 0 fully saturated rings. The number of aromatic nitrogens is 2. The van der Waals surface area contributed by atoms with Crippen LogP contribution in [0.25, 0.3) is 11.3 Å². The maximum atomic E-state index is 11.7. The van der Waals surface area contributed by atoms with Crippen LogP contribution < -0.4 is 10.3 Å². The van der Waals surface area contributed by atoms with Crippen molar-refractivity contribution in [1.29, 1.82) is 0 Å². The van der Waals surface area contributed by atoms with Crippen molar-refractivity contribution in [1.82, 2.24) is 9.78 Å². The summed E-state index contributed by atoms with van der Waals surface area (Å²) in [7, 11) is 1.59. The lowest BCUT2D eigenvalue weighted by Gasteiger charge is -2.07. The number of methoxy groups -OCH3 is 1. The molecule has 6 heteroatoms. The topological polar surface area (TPSA) is 70.4 Å². The molecular formula is C15H16N2O4. The van der Waals surface area contributed by atoms with Crippen molar-refractivity contribution in [3.63, 3.8) is 0 Å². The number of benzene rings is 1. The molecule has 0 aliphatic rings. The SMILES string of the molecule is CCOC(=O)Cn1nc(-c2ccc(OC)cc2)ccc1=O. The lowest BCUT2D eigenvalue weighted by atomic mass is 10.1. The standard InChI is InChI=1S/C15H16N2O4/c1-3-21-15(19)10-17-14(18)9-8-13(16-17)11-4-6-12(20-2)7-5-11/h4-9H,3,10H2,1-2H3. The molecule has 0 unspecified atom stereocenters. The Morgan fingerprint density at radius 3 is 2.52 bits per heavy atom. The maximum Gasteiger partial charge on any atom is 0.327 e. The van der Waals surface area contributed by atoms with E-state index < -0.39 is 5.97 Å². The number of rotatable bonds is 5. The summed E-state index contributed by atoms with van der Waals surface area (Å²) in [5, 5.41) is 4.18. The van der Waals surface area contributed by atoms with Crippen molar-refractivity contribution in [3.8, 4) is 17.0 Å². The minimum atomic E-state index is -0.487. The van der Waals surface area contributed by atoms with Gasteiger partial charge in [-0.05, 0) is 37.3 Å². The van der Waals surface area contributed by atoms with E-state index in [-0.39, 0.29) is 18.7 Å². The summed E-state index contributed by atoms with van der Waals surface area (Å²) in [6.45, 7) is 1.78. The van der Waals surface area contributed by atoms with Gasteiger partial charge in [-0.3, -0.25) is 9.59 Å². The van der Waals surface area contributed by atoms with Crippen LogP contribution in [0.3, 0.4) is 0 Å². The molecule has 0 aliphatic carbocycles. The highest BCUT2D eigenvalue weighted by Crippen LogP contribution is 2.19. The van der Waals surface area contributed by atoms with Crippen molar-refractivity contribution in [3.05, 3.63) is 46.8 Å². The van der Waals surface area contributed by atoms with Crippen molar-refractivity contribution < 1.29 is 14.3 Å². The van der Waals surface area contributed by atoms with Gasteiger partial charge in [0.25, 0.3) is 5.56 Å². The largest absolute Gasteiger partial charge is 0.497 e. The molecule has 0 radical (unpaired) electrons.